The van der Waals surface area contributed by atoms with E-state index in [1.165, 1.54) is 6.07 Å². The van der Waals surface area contributed by atoms with Crippen LogP contribution < -0.4 is 5.32 Å². The number of nitrogens with zero attached hydrogens (tertiary/aromatic N) is 1. The normalized spacial score (nSPS) is 13.3. The van der Waals surface area contributed by atoms with Crippen molar-refractivity contribution in [2.24, 2.45) is 7.05 Å². The minimum Gasteiger partial charge on any atom is -0.344 e. The van der Waals surface area contributed by atoms with E-state index in [9.17, 15) is 4.39 Å². The van der Waals surface area contributed by atoms with E-state index < -0.39 is 0 Å². The number of benzene rings is 1. The summed E-state index contributed by atoms with van der Waals surface area (Å²) >= 11 is 0. The number of para-hydroxylation sites is 1. The van der Waals surface area contributed by atoms with Crippen molar-refractivity contribution in [1.29, 1.82) is 0 Å². The van der Waals surface area contributed by atoms with Gasteiger partial charge in [-0.2, -0.15) is 0 Å². The molecule has 1 heterocycles. The van der Waals surface area contributed by atoms with Crippen LogP contribution in [-0.2, 0) is 7.05 Å². The lowest BCUT2D eigenvalue weighted by atomic mass is 10.1. The van der Waals surface area contributed by atoms with Crippen LogP contribution in [-0.4, -0.2) is 11.6 Å². The predicted octanol–water partition coefficient (Wildman–Crippen LogP) is 2.91. The van der Waals surface area contributed by atoms with Gasteiger partial charge in [0.2, 0.25) is 0 Å². The van der Waals surface area contributed by atoms with Crippen molar-refractivity contribution in [2.75, 3.05) is 7.05 Å². The van der Waals surface area contributed by atoms with Crippen LogP contribution >= 0.6 is 0 Å². The number of fused-ring (bicyclic) bond motifs is 1. The Labute approximate surface area is 95.1 Å². The summed E-state index contributed by atoms with van der Waals surface area (Å²) in [5.41, 5.74) is 2.98. The van der Waals surface area contributed by atoms with Gasteiger partial charge in [0.15, 0.2) is 0 Å². The number of aromatic nitrogens is 1. The molecule has 0 radical (unpaired) electrons. The first-order valence-electron chi connectivity index (χ1n) is 5.48. The summed E-state index contributed by atoms with van der Waals surface area (Å²) in [7, 11) is 3.83. The topological polar surface area (TPSA) is 17.0 Å². The van der Waals surface area contributed by atoms with Gasteiger partial charge in [-0.05, 0) is 32.5 Å². The highest BCUT2D eigenvalue weighted by molar-refractivity contribution is 5.85. The van der Waals surface area contributed by atoms with Gasteiger partial charge in [-0.15, -0.1) is 0 Å². The van der Waals surface area contributed by atoms with E-state index in [1.807, 2.05) is 31.7 Å². The Balaban J connectivity index is 2.82. The third-order valence-electron chi connectivity index (χ3n) is 3.31. The first kappa shape index (κ1) is 11.1. The molecule has 16 heavy (non-hydrogen) atoms. The summed E-state index contributed by atoms with van der Waals surface area (Å²) in [5, 5.41) is 4.20. The van der Waals surface area contributed by atoms with Crippen LogP contribution in [0.3, 0.4) is 0 Å². The maximum absolute atomic E-state index is 13.8. The van der Waals surface area contributed by atoms with Gasteiger partial charge in [0.25, 0.3) is 0 Å². The summed E-state index contributed by atoms with van der Waals surface area (Å²) in [4.78, 5) is 0. The van der Waals surface area contributed by atoms with Gasteiger partial charge in [-0.3, -0.25) is 0 Å². The molecule has 1 aromatic heterocycles. The average Bonchev–Trinajstić information content (AvgIpc) is 2.52. The molecule has 0 spiro atoms. The molecule has 0 aliphatic carbocycles. The van der Waals surface area contributed by atoms with E-state index in [-0.39, 0.29) is 11.9 Å². The Hall–Kier alpha value is -1.35. The second kappa shape index (κ2) is 3.91. The van der Waals surface area contributed by atoms with Crippen LogP contribution in [0.1, 0.15) is 24.2 Å². The summed E-state index contributed by atoms with van der Waals surface area (Å²) in [5.74, 6) is -0.155. The van der Waals surface area contributed by atoms with Crippen molar-refractivity contribution in [3.63, 3.8) is 0 Å². The molecule has 2 aromatic rings. The second-order valence-electron chi connectivity index (χ2n) is 4.22. The largest absolute Gasteiger partial charge is 0.344 e. The standard InChI is InChI=1S/C13H17FN2/c1-8-10-6-5-7-11(14)13(10)16(4)12(8)9(2)15-3/h5-7,9,15H,1-4H3. The Bertz CT molecular complexity index is 528. The highest BCUT2D eigenvalue weighted by atomic mass is 19.1. The number of hydrogen-bond donors (Lipinski definition) is 1. The number of nitrogens with one attached hydrogen (secondary N) is 1. The van der Waals surface area contributed by atoms with Gasteiger partial charge in [0.05, 0.1) is 5.52 Å². The van der Waals surface area contributed by atoms with Crippen LogP contribution in [0.25, 0.3) is 10.9 Å². The smallest absolute Gasteiger partial charge is 0.147 e. The summed E-state index contributed by atoms with van der Waals surface area (Å²) < 4.78 is 15.7. The lowest BCUT2D eigenvalue weighted by Gasteiger charge is -2.13. The predicted molar refractivity (Wildman–Crippen MR) is 65.1 cm³/mol. The summed E-state index contributed by atoms with van der Waals surface area (Å²) in [6.45, 7) is 4.13. The molecule has 0 bridgehead atoms. The molecule has 0 fully saturated rings. The lowest BCUT2D eigenvalue weighted by molar-refractivity contribution is 0.595. The first-order valence-corrected chi connectivity index (χ1v) is 5.48. The van der Waals surface area contributed by atoms with Gasteiger partial charge in [-0.25, -0.2) is 4.39 Å². The van der Waals surface area contributed by atoms with Crippen LogP contribution in [0, 0.1) is 12.7 Å². The molecule has 1 aromatic carbocycles. The number of hydrogen-bond acceptors (Lipinski definition) is 1. The molecule has 0 amide bonds. The first-order chi connectivity index (χ1) is 7.57. The van der Waals surface area contributed by atoms with E-state index in [2.05, 4.69) is 12.2 Å². The van der Waals surface area contributed by atoms with Crippen molar-refractivity contribution < 1.29 is 4.39 Å². The van der Waals surface area contributed by atoms with E-state index in [0.717, 1.165) is 16.6 Å². The van der Waals surface area contributed by atoms with Gasteiger partial charge in [0.1, 0.15) is 5.82 Å². The van der Waals surface area contributed by atoms with E-state index in [0.29, 0.717) is 5.52 Å². The molecule has 0 aliphatic heterocycles. The molecular formula is C13H17FN2. The zero-order chi connectivity index (χ0) is 11.9. The Morgan fingerprint density at radius 3 is 2.62 bits per heavy atom. The highest BCUT2D eigenvalue weighted by Crippen LogP contribution is 2.29. The molecular weight excluding hydrogens is 203 g/mol. The highest BCUT2D eigenvalue weighted by Gasteiger charge is 2.17. The van der Waals surface area contributed by atoms with Crippen LogP contribution in [0.4, 0.5) is 4.39 Å². The lowest BCUT2D eigenvalue weighted by Crippen LogP contribution is -2.16. The van der Waals surface area contributed by atoms with Crippen molar-refractivity contribution >= 4 is 10.9 Å². The fraction of sp³-hybridized carbons (Fsp3) is 0.385. The van der Waals surface area contributed by atoms with Crippen molar-refractivity contribution in [3.05, 3.63) is 35.3 Å². The van der Waals surface area contributed by atoms with Crippen molar-refractivity contribution in [1.82, 2.24) is 9.88 Å². The third kappa shape index (κ3) is 1.43. The molecule has 0 saturated carbocycles. The minimum atomic E-state index is -0.155. The number of rotatable bonds is 2. The molecule has 86 valence electrons. The molecule has 0 aliphatic rings. The van der Waals surface area contributed by atoms with Gasteiger partial charge in [0, 0.05) is 24.2 Å². The van der Waals surface area contributed by atoms with Crippen LogP contribution in [0.2, 0.25) is 0 Å². The quantitative estimate of drug-likeness (QED) is 0.823. The summed E-state index contributed by atoms with van der Waals surface area (Å²) in [6, 6.07) is 5.46. The van der Waals surface area contributed by atoms with Gasteiger partial charge >= 0.3 is 0 Å². The second-order valence-corrected chi connectivity index (χ2v) is 4.22. The Morgan fingerprint density at radius 2 is 2.06 bits per heavy atom. The van der Waals surface area contributed by atoms with E-state index in [4.69, 9.17) is 0 Å². The molecule has 3 heteroatoms. The molecule has 1 N–H and O–H groups in total. The van der Waals surface area contributed by atoms with Gasteiger partial charge in [-0.1, -0.05) is 12.1 Å². The molecule has 1 unspecified atom stereocenters. The molecule has 2 nitrogen and oxygen atoms in total. The number of halogens is 1. The van der Waals surface area contributed by atoms with Crippen molar-refractivity contribution in [3.8, 4) is 0 Å². The average molecular weight is 220 g/mol. The maximum atomic E-state index is 13.8. The Morgan fingerprint density at radius 1 is 1.38 bits per heavy atom. The van der Waals surface area contributed by atoms with Crippen molar-refractivity contribution in [2.45, 2.75) is 19.9 Å². The zero-order valence-corrected chi connectivity index (χ0v) is 10.1. The van der Waals surface area contributed by atoms with Crippen LogP contribution in [0.15, 0.2) is 18.2 Å². The van der Waals surface area contributed by atoms with Crippen LogP contribution in [0.5, 0.6) is 0 Å². The number of aryl methyl sites for hydroxylation is 2. The fourth-order valence-corrected chi connectivity index (χ4v) is 2.42. The SMILES string of the molecule is CNC(C)c1c(C)c2cccc(F)c2n1C. The van der Waals surface area contributed by atoms with E-state index >= 15 is 0 Å². The summed E-state index contributed by atoms with van der Waals surface area (Å²) in [6.07, 6.45) is 0. The minimum absolute atomic E-state index is 0.155. The molecule has 1 atom stereocenters. The van der Waals surface area contributed by atoms with Gasteiger partial charge < -0.3 is 9.88 Å². The maximum Gasteiger partial charge on any atom is 0.147 e. The Kier molecular flexibility index (Phi) is 2.72. The third-order valence-corrected chi connectivity index (χ3v) is 3.31. The monoisotopic (exact) mass is 220 g/mol. The molecule has 2 rings (SSSR count). The zero-order valence-electron chi connectivity index (χ0n) is 10.1. The van der Waals surface area contributed by atoms with E-state index in [1.54, 1.807) is 6.07 Å². The molecule has 0 saturated heterocycles. The fourth-order valence-electron chi connectivity index (χ4n) is 2.42.